The molecule has 62 heavy (non-hydrogen) atoms. The lowest BCUT2D eigenvalue weighted by molar-refractivity contribution is -0.147. The molecule has 2 heterocycles. The molecule has 3 amide bonds. The summed E-state index contributed by atoms with van der Waals surface area (Å²) in [6.07, 6.45) is 9.30. The van der Waals surface area contributed by atoms with Crippen molar-refractivity contribution in [3.63, 3.8) is 0 Å². The zero-order valence-corrected chi connectivity index (χ0v) is 39.8. The number of carbonyl (C=O) groups is 5. The second-order valence-corrected chi connectivity index (χ2v) is 19.0. The first kappa shape index (κ1) is 52.6. The van der Waals surface area contributed by atoms with Crippen LogP contribution in [0.2, 0.25) is 0 Å². The van der Waals surface area contributed by atoms with Gasteiger partial charge in [0, 0.05) is 36.3 Å². The van der Waals surface area contributed by atoms with Gasteiger partial charge in [0.05, 0.1) is 18.0 Å². The molecule has 3 rings (SSSR count). The summed E-state index contributed by atoms with van der Waals surface area (Å²) in [5, 5.41) is 27.7. The number of aliphatic carboxylic acids is 1. The fraction of sp³-hybridized carbons (Fsp3) is 0.702. The number of aldehydes is 1. The van der Waals surface area contributed by atoms with Gasteiger partial charge in [0.2, 0.25) is 11.8 Å². The molecule has 14 nitrogen and oxygen atoms in total. The zero-order valence-electron chi connectivity index (χ0n) is 38.9. The highest BCUT2D eigenvalue weighted by Gasteiger charge is 2.42. The first-order valence-corrected chi connectivity index (χ1v) is 23.8. The van der Waals surface area contributed by atoms with Gasteiger partial charge in [0.15, 0.2) is 0 Å². The quantitative estimate of drug-likeness (QED) is 0.0374. The number of benzene rings is 1. The van der Waals surface area contributed by atoms with Crippen LogP contribution in [0.3, 0.4) is 0 Å². The summed E-state index contributed by atoms with van der Waals surface area (Å²) < 4.78 is 6.41. The second kappa shape index (κ2) is 26.1. The van der Waals surface area contributed by atoms with Crippen molar-refractivity contribution in [1.82, 2.24) is 31.2 Å². The van der Waals surface area contributed by atoms with Crippen LogP contribution in [0, 0.1) is 17.3 Å². The summed E-state index contributed by atoms with van der Waals surface area (Å²) in [6.45, 7) is 18.4. The first-order chi connectivity index (χ1) is 29.5. The Labute approximate surface area is 374 Å². The Morgan fingerprint density at radius 1 is 1.06 bits per heavy atom. The normalized spacial score (nSPS) is 17.4. The number of nitrogens with zero attached hydrogens (tertiary/aromatic N) is 2. The molecule has 0 unspecified atom stereocenters. The highest BCUT2D eigenvalue weighted by molar-refractivity contribution is 7.09. The maximum absolute atomic E-state index is 13.9. The number of ether oxygens (including phenoxy) is 1. The van der Waals surface area contributed by atoms with Crippen molar-refractivity contribution in [2.45, 2.75) is 156 Å². The van der Waals surface area contributed by atoms with E-state index in [1.807, 2.05) is 26.0 Å². The number of hydrogen-bond donors (Lipinski definition) is 6. The number of likely N-dealkylation sites (N-methyl/N-ethyl adjacent to an activating group) is 1. The molecule has 1 aromatic heterocycles. The van der Waals surface area contributed by atoms with E-state index in [2.05, 4.69) is 59.2 Å². The predicted molar refractivity (Wildman–Crippen MR) is 247 cm³/mol. The van der Waals surface area contributed by atoms with Gasteiger partial charge < -0.3 is 41.2 Å². The van der Waals surface area contributed by atoms with E-state index in [0.717, 1.165) is 76.3 Å². The third-order valence-corrected chi connectivity index (χ3v) is 13.2. The molecule has 0 saturated carbocycles. The number of hydrogen-bond acceptors (Lipinski definition) is 11. The Morgan fingerprint density at radius 3 is 2.37 bits per heavy atom. The minimum absolute atomic E-state index is 0.0481. The number of carboxylic acids is 1. The Kier molecular flexibility index (Phi) is 22.2. The van der Waals surface area contributed by atoms with Crippen molar-refractivity contribution >= 4 is 47.0 Å². The van der Waals surface area contributed by atoms with Gasteiger partial charge in [-0.1, -0.05) is 78.9 Å². The molecule has 1 aliphatic rings. The van der Waals surface area contributed by atoms with Gasteiger partial charge in [-0.05, 0) is 109 Å². The zero-order chi connectivity index (χ0) is 45.9. The van der Waals surface area contributed by atoms with E-state index in [4.69, 9.17) is 9.72 Å². The number of unbranched alkanes of at least 4 members (excludes halogenated alkanes) is 3. The number of thiazole rings is 1. The van der Waals surface area contributed by atoms with E-state index in [9.17, 15) is 29.1 Å². The van der Waals surface area contributed by atoms with Crippen LogP contribution in [0.15, 0.2) is 29.6 Å². The molecule has 0 bridgehead atoms. The monoisotopic (exact) mass is 884 g/mol. The first-order valence-electron chi connectivity index (χ1n) is 22.9. The molecule has 1 saturated heterocycles. The molecule has 0 spiro atoms. The Balaban J connectivity index is 1.90. The Bertz CT molecular complexity index is 1700. The molecule has 0 aliphatic carbocycles. The number of rotatable bonds is 29. The fourth-order valence-electron chi connectivity index (χ4n) is 8.25. The number of aromatic nitrogens is 1. The van der Waals surface area contributed by atoms with E-state index < -0.39 is 35.0 Å². The van der Waals surface area contributed by atoms with Gasteiger partial charge in [-0.15, -0.1) is 11.3 Å². The molecule has 348 valence electrons. The standard InChI is InChI=1S/C47H77N7O7S/c1-10-13-14-17-24-54(30-47(31-55,33(6)11-2)53-43(58)37-18-15-16-23-49-37)39(32(4)5)26-40(61-12-3)44-52-38(29-62-44)42(57)51-36(27-46(7,8)45(59)60)25-34-19-21-35(22-20-34)50-41(56)28-48-9/h19-22,29,31-33,36-37,39-40,48-49H,10-18,23-28,30H2,1-9H3,(H,50,56)(H,51,57)(H,53,58)(H,59,60)/t33-,36-,37+,39+,40+,47-/m0/s1. The van der Waals surface area contributed by atoms with Crippen LogP contribution in [-0.2, 0) is 30.3 Å². The number of carboxylic acid groups (broad SMARTS) is 1. The van der Waals surface area contributed by atoms with Crippen LogP contribution in [0.1, 0.15) is 147 Å². The van der Waals surface area contributed by atoms with E-state index in [-0.39, 0.29) is 54.4 Å². The van der Waals surface area contributed by atoms with Gasteiger partial charge in [0.1, 0.15) is 28.6 Å². The van der Waals surface area contributed by atoms with Crippen LogP contribution in [0.4, 0.5) is 5.69 Å². The maximum Gasteiger partial charge on any atom is 0.309 e. The summed E-state index contributed by atoms with van der Waals surface area (Å²) in [6, 6.07) is 6.39. The van der Waals surface area contributed by atoms with Gasteiger partial charge in [-0.3, -0.25) is 24.1 Å². The van der Waals surface area contributed by atoms with Crippen molar-refractivity contribution in [2.24, 2.45) is 17.3 Å². The SMILES string of the molecule is CCCCCCN(C[C@@](C=O)(NC(=O)[C@H]1CCCCN1)[C@@H](C)CC)[C@H](C[C@@H](OCC)c1nc(C(=O)N[C@@H](Cc2ccc(NC(=O)CNC)cc2)CC(C)(C)C(=O)O)cs1)C(C)C. The number of carbonyl (C=O) groups excluding carboxylic acids is 4. The predicted octanol–water partition coefficient (Wildman–Crippen LogP) is 6.76. The van der Waals surface area contributed by atoms with E-state index in [1.165, 1.54) is 11.3 Å². The van der Waals surface area contributed by atoms with Crippen LogP contribution >= 0.6 is 11.3 Å². The highest BCUT2D eigenvalue weighted by Crippen LogP contribution is 2.33. The lowest BCUT2D eigenvalue weighted by atomic mass is 9.82. The van der Waals surface area contributed by atoms with Crippen molar-refractivity contribution in [3.8, 4) is 0 Å². The molecular formula is C47H77N7O7S. The van der Waals surface area contributed by atoms with E-state index in [1.54, 1.807) is 38.4 Å². The van der Waals surface area contributed by atoms with Crippen LogP contribution < -0.4 is 26.6 Å². The summed E-state index contributed by atoms with van der Waals surface area (Å²) in [5.74, 6) is -1.62. The van der Waals surface area contributed by atoms with E-state index >= 15 is 0 Å². The molecule has 6 N–H and O–H groups in total. The lowest BCUT2D eigenvalue weighted by Crippen LogP contribution is -2.65. The van der Waals surface area contributed by atoms with Crippen LogP contribution in [-0.4, -0.2) is 108 Å². The number of piperidine rings is 1. The summed E-state index contributed by atoms with van der Waals surface area (Å²) in [4.78, 5) is 72.5. The molecule has 6 atom stereocenters. The average molecular weight is 884 g/mol. The molecule has 0 radical (unpaired) electrons. The third kappa shape index (κ3) is 16.1. The van der Waals surface area contributed by atoms with Crippen molar-refractivity contribution < 1.29 is 33.8 Å². The molecule has 15 heteroatoms. The molecule has 1 aromatic carbocycles. The van der Waals surface area contributed by atoms with E-state index in [0.29, 0.717) is 36.7 Å². The molecular weight excluding hydrogens is 807 g/mol. The molecule has 1 aliphatic heterocycles. The van der Waals surface area contributed by atoms with Crippen molar-refractivity contribution in [2.75, 3.05) is 45.2 Å². The highest BCUT2D eigenvalue weighted by atomic mass is 32.1. The van der Waals surface area contributed by atoms with Crippen molar-refractivity contribution in [3.05, 3.63) is 45.9 Å². The smallest absolute Gasteiger partial charge is 0.309 e. The summed E-state index contributed by atoms with van der Waals surface area (Å²) in [7, 11) is 1.70. The second-order valence-electron chi connectivity index (χ2n) is 18.1. The minimum atomic E-state index is -1.12. The van der Waals surface area contributed by atoms with Crippen LogP contribution in [0.25, 0.3) is 0 Å². The fourth-order valence-corrected chi connectivity index (χ4v) is 9.11. The van der Waals surface area contributed by atoms with Gasteiger partial charge in [-0.2, -0.15) is 0 Å². The third-order valence-electron chi connectivity index (χ3n) is 12.3. The van der Waals surface area contributed by atoms with Gasteiger partial charge >= 0.3 is 5.97 Å². The van der Waals surface area contributed by atoms with Gasteiger partial charge in [-0.25, -0.2) is 4.98 Å². The lowest BCUT2D eigenvalue weighted by Gasteiger charge is -2.44. The molecule has 2 aromatic rings. The largest absolute Gasteiger partial charge is 0.481 e. The minimum Gasteiger partial charge on any atom is -0.481 e. The Morgan fingerprint density at radius 2 is 1.79 bits per heavy atom. The van der Waals surface area contributed by atoms with Crippen molar-refractivity contribution in [1.29, 1.82) is 0 Å². The Hall–Kier alpha value is -3.76. The number of nitrogens with one attached hydrogen (secondary N) is 5. The maximum atomic E-state index is 13.9. The summed E-state index contributed by atoms with van der Waals surface area (Å²) in [5.41, 5.74) is -0.478. The average Bonchev–Trinajstić information content (AvgIpc) is 3.74. The summed E-state index contributed by atoms with van der Waals surface area (Å²) >= 11 is 1.36. The van der Waals surface area contributed by atoms with Gasteiger partial charge in [0.25, 0.3) is 5.91 Å². The number of anilines is 1. The number of amides is 3. The molecule has 1 fully saturated rings. The topological polar surface area (TPSA) is 191 Å². The van der Waals surface area contributed by atoms with Crippen LogP contribution in [0.5, 0.6) is 0 Å².